The monoisotopic (exact) mass is 452 g/mol. The number of halogens is 2. The van der Waals surface area contributed by atoms with Gasteiger partial charge in [-0.3, -0.25) is 19.8 Å². The fraction of sp³-hybridized carbons (Fsp3) is 0. The summed E-state index contributed by atoms with van der Waals surface area (Å²) in [6.45, 7) is 0. The maximum absolute atomic E-state index is 14.3. The number of ether oxygens (including phenoxy) is 1. The van der Waals surface area contributed by atoms with E-state index in [-0.39, 0.29) is 21.3 Å². The minimum absolute atomic E-state index is 0.0189. The highest BCUT2D eigenvalue weighted by molar-refractivity contribution is 7.80. The zero-order valence-corrected chi connectivity index (χ0v) is 17.4. The van der Waals surface area contributed by atoms with Crippen LogP contribution < -0.4 is 15.0 Å². The van der Waals surface area contributed by atoms with Crippen molar-refractivity contribution in [2.45, 2.75) is 0 Å². The summed E-state index contributed by atoms with van der Waals surface area (Å²) in [7, 11) is 0. The number of hydrogen-bond acceptors (Lipinski definition) is 4. The van der Waals surface area contributed by atoms with Crippen LogP contribution in [-0.2, 0) is 9.59 Å². The van der Waals surface area contributed by atoms with Crippen LogP contribution in [0.3, 0.4) is 0 Å². The Hall–Kier alpha value is -3.55. The van der Waals surface area contributed by atoms with Crippen molar-refractivity contribution in [3.63, 3.8) is 0 Å². The molecule has 2 amide bonds. The molecule has 1 aliphatic heterocycles. The summed E-state index contributed by atoms with van der Waals surface area (Å²) in [5, 5.41) is 2.27. The van der Waals surface area contributed by atoms with Gasteiger partial charge in [-0.15, -0.1) is 0 Å². The molecule has 0 spiro atoms. The van der Waals surface area contributed by atoms with Crippen LogP contribution in [0.15, 0.2) is 78.4 Å². The molecule has 1 N–H and O–H groups in total. The van der Waals surface area contributed by atoms with Gasteiger partial charge in [0.05, 0.1) is 10.7 Å². The maximum atomic E-state index is 14.3. The number of thiocarbonyl (C=S) groups is 1. The molecule has 1 saturated heterocycles. The number of benzene rings is 3. The van der Waals surface area contributed by atoms with E-state index in [4.69, 9.17) is 28.6 Å². The van der Waals surface area contributed by atoms with Gasteiger partial charge in [-0.1, -0.05) is 41.9 Å². The molecule has 0 unspecified atom stereocenters. The fourth-order valence-electron chi connectivity index (χ4n) is 2.97. The number of amides is 2. The molecule has 1 aliphatic rings. The van der Waals surface area contributed by atoms with Crippen molar-refractivity contribution in [2.24, 2.45) is 0 Å². The van der Waals surface area contributed by atoms with Gasteiger partial charge < -0.3 is 4.74 Å². The molecule has 0 aliphatic carbocycles. The maximum Gasteiger partial charge on any atom is 0.270 e. The van der Waals surface area contributed by atoms with E-state index in [9.17, 15) is 14.0 Å². The third-order valence-corrected chi connectivity index (χ3v) is 5.03. The van der Waals surface area contributed by atoms with Crippen LogP contribution in [0.25, 0.3) is 6.08 Å². The smallest absolute Gasteiger partial charge is 0.270 e. The van der Waals surface area contributed by atoms with E-state index in [0.29, 0.717) is 17.2 Å². The predicted molar refractivity (Wildman–Crippen MR) is 121 cm³/mol. The summed E-state index contributed by atoms with van der Waals surface area (Å²) >= 11 is 11.0. The lowest BCUT2D eigenvalue weighted by Gasteiger charge is -2.29. The molecule has 1 fully saturated rings. The molecular formula is C23H14ClFN2O3S. The van der Waals surface area contributed by atoms with Gasteiger partial charge in [0.1, 0.15) is 22.9 Å². The number of para-hydroxylation sites is 1. The summed E-state index contributed by atoms with van der Waals surface area (Å²) < 4.78 is 20.0. The predicted octanol–water partition coefficient (Wildman–Crippen LogP) is 5.10. The van der Waals surface area contributed by atoms with Gasteiger partial charge in [0.15, 0.2) is 5.11 Å². The third-order valence-electron chi connectivity index (χ3n) is 4.46. The van der Waals surface area contributed by atoms with Crippen LogP contribution >= 0.6 is 23.8 Å². The molecule has 154 valence electrons. The first-order chi connectivity index (χ1) is 14.9. The lowest BCUT2D eigenvalue weighted by atomic mass is 10.1. The number of anilines is 1. The number of hydrogen-bond donors (Lipinski definition) is 1. The molecule has 31 heavy (non-hydrogen) atoms. The van der Waals surface area contributed by atoms with Gasteiger partial charge in [-0.25, -0.2) is 4.39 Å². The van der Waals surface area contributed by atoms with E-state index in [2.05, 4.69) is 5.32 Å². The first kappa shape index (κ1) is 20.7. The number of nitrogens with one attached hydrogen (secondary N) is 1. The molecule has 0 atom stereocenters. The fourth-order valence-corrected chi connectivity index (χ4v) is 3.43. The van der Waals surface area contributed by atoms with Crippen molar-refractivity contribution < 1.29 is 18.7 Å². The minimum Gasteiger partial charge on any atom is -0.457 e. The third kappa shape index (κ3) is 4.33. The van der Waals surface area contributed by atoms with Gasteiger partial charge in [-0.2, -0.15) is 0 Å². The molecular weight excluding hydrogens is 439 g/mol. The Morgan fingerprint density at radius 2 is 1.61 bits per heavy atom. The molecule has 5 nitrogen and oxygen atoms in total. The zero-order chi connectivity index (χ0) is 22.0. The molecule has 0 saturated carbocycles. The Morgan fingerprint density at radius 1 is 0.935 bits per heavy atom. The van der Waals surface area contributed by atoms with E-state index >= 15 is 0 Å². The lowest BCUT2D eigenvalue weighted by Crippen LogP contribution is -2.54. The minimum atomic E-state index is -0.723. The van der Waals surface area contributed by atoms with Gasteiger partial charge in [0.25, 0.3) is 11.8 Å². The van der Waals surface area contributed by atoms with Crippen LogP contribution in [0.4, 0.5) is 10.1 Å². The van der Waals surface area contributed by atoms with Crippen molar-refractivity contribution in [2.75, 3.05) is 4.90 Å². The van der Waals surface area contributed by atoms with Crippen molar-refractivity contribution in [1.82, 2.24) is 5.32 Å². The molecule has 0 aromatic heterocycles. The molecule has 8 heteroatoms. The quantitative estimate of drug-likeness (QED) is 0.340. The van der Waals surface area contributed by atoms with Crippen LogP contribution in [-0.4, -0.2) is 16.9 Å². The van der Waals surface area contributed by atoms with Crippen LogP contribution in [0.1, 0.15) is 5.56 Å². The second-order valence-corrected chi connectivity index (χ2v) is 7.30. The average Bonchev–Trinajstić information content (AvgIpc) is 2.76. The van der Waals surface area contributed by atoms with E-state index < -0.39 is 17.6 Å². The molecule has 3 aromatic carbocycles. The van der Waals surface area contributed by atoms with Crippen molar-refractivity contribution in [1.29, 1.82) is 0 Å². The standard InChI is InChI=1S/C23H14ClFN2O3S/c24-19-8-4-5-14(20(19)25)13-18-21(28)26-23(31)27(22(18)29)15-9-11-17(12-10-15)30-16-6-2-1-3-7-16/h1-13H,(H,26,28,31)/b18-13+. The normalized spacial score (nSPS) is 15.2. The summed E-state index contributed by atoms with van der Waals surface area (Å²) in [6, 6.07) is 20.2. The average molecular weight is 453 g/mol. The largest absolute Gasteiger partial charge is 0.457 e. The van der Waals surface area contributed by atoms with E-state index in [1.54, 1.807) is 24.3 Å². The van der Waals surface area contributed by atoms with Gasteiger partial charge in [-0.05, 0) is 60.8 Å². The summed E-state index contributed by atoms with van der Waals surface area (Å²) in [5.74, 6) is -0.883. The van der Waals surface area contributed by atoms with Crippen molar-refractivity contribution >= 4 is 52.5 Å². The topological polar surface area (TPSA) is 58.6 Å². The highest BCUT2D eigenvalue weighted by Gasteiger charge is 2.34. The van der Waals surface area contributed by atoms with E-state index in [1.165, 1.54) is 18.2 Å². The summed E-state index contributed by atoms with van der Waals surface area (Å²) in [5.41, 5.74) is 0.178. The van der Waals surface area contributed by atoms with Crippen molar-refractivity contribution in [3.05, 3.63) is 94.8 Å². The molecule has 4 rings (SSSR count). The Bertz CT molecular complexity index is 1210. The lowest BCUT2D eigenvalue weighted by molar-refractivity contribution is -0.122. The highest BCUT2D eigenvalue weighted by atomic mass is 35.5. The van der Waals surface area contributed by atoms with Gasteiger partial charge >= 0.3 is 0 Å². The van der Waals surface area contributed by atoms with E-state index in [0.717, 1.165) is 11.0 Å². The first-order valence-corrected chi connectivity index (χ1v) is 9.91. The summed E-state index contributed by atoms with van der Waals surface area (Å²) in [6.07, 6.45) is 1.15. The highest BCUT2D eigenvalue weighted by Crippen LogP contribution is 2.28. The molecule has 3 aromatic rings. The summed E-state index contributed by atoms with van der Waals surface area (Å²) in [4.78, 5) is 26.6. The first-order valence-electron chi connectivity index (χ1n) is 9.12. The number of carbonyl (C=O) groups excluding carboxylic acids is 2. The van der Waals surface area contributed by atoms with Crippen molar-refractivity contribution in [3.8, 4) is 11.5 Å². The number of carbonyl (C=O) groups is 2. The van der Waals surface area contributed by atoms with Crippen LogP contribution in [0.2, 0.25) is 5.02 Å². The van der Waals surface area contributed by atoms with E-state index in [1.807, 2.05) is 30.3 Å². The second-order valence-electron chi connectivity index (χ2n) is 6.51. The Morgan fingerprint density at radius 3 is 2.32 bits per heavy atom. The Balaban J connectivity index is 1.63. The number of nitrogens with zero attached hydrogens (tertiary/aromatic N) is 1. The SMILES string of the molecule is O=C1NC(=S)N(c2ccc(Oc3ccccc3)cc2)C(=O)/C1=C/c1cccc(Cl)c1F. The molecule has 0 bridgehead atoms. The Labute approximate surface area is 187 Å². The zero-order valence-electron chi connectivity index (χ0n) is 15.8. The number of rotatable bonds is 4. The van der Waals surface area contributed by atoms with Gasteiger partial charge in [0, 0.05) is 5.56 Å². The Kier molecular flexibility index (Phi) is 5.79. The van der Waals surface area contributed by atoms with Gasteiger partial charge in [0.2, 0.25) is 0 Å². The second kappa shape index (κ2) is 8.67. The van der Waals surface area contributed by atoms with Crippen LogP contribution in [0, 0.1) is 5.82 Å². The molecule has 1 heterocycles. The molecule has 0 radical (unpaired) electrons. The van der Waals surface area contributed by atoms with Crippen LogP contribution in [0.5, 0.6) is 11.5 Å².